The van der Waals surface area contributed by atoms with Crippen LogP contribution in [-0.4, -0.2) is 57.4 Å². The van der Waals surface area contributed by atoms with Gasteiger partial charge in [-0.3, -0.25) is 4.79 Å². The van der Waals surface area contributed by atoms with Crippen LogP contribution < -0.4 is 10.2 Å². The Bertz CT molecular complexity index is 776. The highest BCUT2D eigenvalue weighted by Gasteiger charge is 2.32. The summed E-state index contributed by atoms with van der Waals surface area (Å²) < 4.78 is 39.8. The number of hydrogen-bond acceptors (Lipinski definition) is 3. The van der Waals surface area contributed by atoms with Gasteiger partial charge in [0.1, 0.15) is 5.82 Å². The van der Waals surface area contributed by atoms with Crippen LogP contribution in [0.1, 0.15) is 33.1 Å². The third-order valence-corrected chi connectivity index (χ3v) is 8.26. The fourth-order valence-corrected chi connectivity index (χ4v) is 5.69. The van der Waals surface area contributed by atoms with Gasteiger partial charge in [-0.2, -0.15) is 4.31 Å². The molecule has 1 heterocycles. The van der Waals surface area contributed by atoms with Crippen molar-refractivity contribution in [2.45, 2.75) is 44.0 Å². The minimum absolute atomic E-state index is 0.0517. The summed E-state index contributed by atoms with van der Waals surface area (Å²) in [6.07, 6.45) is 3.42. The summed E-state index contributed by atoms with van der Waals surface area (Å²) >= 11 is 0. The molecule has 3 rings (SSSR count). The Morgan fingerprint density at radius 2 is 1.82 bits per heavy atom. The number of nitrogens with zero attached hydrogens (tertiary/aromatic N) is 1. The summed E-state index contributed by atoms with van der Waals surface area (Å²) in [5.41, 5.74) is 0. The van der Waals surface area contributed by atoms with E-state index in [9.17, 15) is 17.6 Å². The number of sulfonamides is 1. The Labute approximate surface area is 167 Å². The molecule has 1 aromatic carbocycles. The molecule has 0 bridgehead atoms. The average Bonchev–Trinajstić information content (AvgIpc) is 2.66. The van der Waals surface area contributed by atoms with Crippen molar-refractivity contribution in [3.8, 4) is 0 Å². The van der Waals surface area contributed by atoms with Crippen LogP contribution in [0, 0.1) is 17.7 Å². The van der Waals surface area contributed by atoms with Crippen LogP contribution in [0.4, 0.5) is 4.39 Å². The number of amides is 1. The molecular weight excluding hydrogens is 381 g/mol. The predicted octanol–water partition coefficient (Wildman–Crippen LogP) is 0.656. The van der Waals surface area contributed by atoms with Crippen molar-refractivity contribution in [2.75, 3.05) is 32.7 Å². The molecule has 2 fully saturated rings. The number of halogens is 1. The van der Waals surface area contributed by atoms with Gasteiger partial charge in [0.15, 0.2) is 6.54 Å². The van der Waals surface area contributed by atoms with Gasteiger partial charge in [-0.15, -0.1) is 0 Å². The lowest BCUT2D eigenvalue weighted by Gasteiger charge is -2.35. The van der Waals surface area contributed by atoms with E-state index in [0.717, 1.165) is 29.9 Å². The maximum Gasteiger partial charge on any atom is 0.275 e. The van der Waals surface area contributed by atoms with Crippen LogP contribution in [0.2, 0.25) is 0 Å². The lowest BCUT2D eigenvalue weighted by Crippen LogP contribution is -3.15. The van der Waals surface area contributed by atoms with E-state index >= 15 is 0 Å². The Kier molecular flexibility index (Phi) is 6.73. The van der Waals surface area contributed by atoms with Crippen molar-refractivity contribution in [3.05, 3.63) is 30.1 Å². The first-order chi connectivity index (χ1) is 13.3. The second kappa shape index (κ2) is 8.88. The lowest BCUT2D eigenvalue weighted by atomic mass is 9.78. The average molecular weight is 413 g/mol. The first kappa shape index (κ1) is 21.2. The van der Waals surface area contributed by atoms with Gasteiger partial charge in [-0.05, 0) is 42.5 Å². The van der Waals surface area contributed by atoms with Crippen molar-refractivity contribution < 1.29 is 22.5 Å². The standard InChI is InChI=1S/C20H30FN3O3S/c1-15-4-3-5-19(16(15)2)22-20(25)14-23-10-12-24(13-11-23)28(26,27)18-8-6-17(21)7-9-18/h6-9,15-16,19H,3-5,10-14H2,1-2H3,(H,22,25)/p+1/t15-,16-,19+/m1/s1. The van der Waals surface area contributed by atoms with E-state index in [0.29, 0.717) is 44.6 Å². The second-order valence-electron chi connectivity index (χ2n) is 8.23. The van der Waals surface area contributed by atoms with Gasteiger partial charge in [0.05, 0.1) is 31.1 Å². The molecule has 2 aliphatic rings. The zero-order valence-corrected chi connectivity index (χ0v) is 17.5. The van der Waals surface area contributed by atoms with E-state index in [1.54, 1.807) is 0 Å². The topological polar surface area (TPSA) is 70.9 Å². The largest absolute Gasteiger partial charge is 0.348 e. The summed E-state index contributed by atoms with van der Waals surface area (Å²) in [4.78, 5) is 13.7. The fraction of sp³-hybridized carbons (Fsp3) is 0.650. The molecule has 1 aromatic rings. The molecule has 1 saturated heterocycles. The molecule has 0 spiro atoms. The van der Waals surface area contributed by atoms with Gasteiger partial charge in [-0.25, -0.2) is 12.8 Å². The number of quaternary nitrogens is 1. The summed E-state index contributed by atoms with van der Waals surface area (Å²) in [5.74, 6) is 0.716. The number of hydrogen-bond donors (Lipinski definition) is 2. The highest BCUT2D eigenvalue weighted by molar-refractivity contribution is 7.89. The molecule has 0 unspecified atom stereocenters. The zero-order chi connectivity index (χ0) is 20.3. The van der Waals surface area contributed by atoms with Crippen molar-refractivity contribution >= 4 is 15.9 Å². The minimum Gasteiger partial charge on any atom is -0.348 e. The molecule has 6 nitrogen and oxygen atoms in total. The van der Waals surface area contributed by atoms with Crippen LogP contribution in [0.5, 0.6) is 0 Å². The van der Waals surface area contributed by atoms with Gasteiger partial charge >= 0.3 is 0 Å². The SMILES string of the molecule is C[C@@H]1[C@H](C)CCC[C@@H]1NC(=O)C[NH+]1CCN(S(=O)(=O)c2ccc(F)cc2)CC1. The van der Waals surface area contributed by atoms with Crippen LogP contribution in [0.3, 0.4) is 0 Å². The van der Waals surface area contributed by atoms with Crippen molar-refractivity contribution in [3.63, 3.8) is 0 Å². The van der Waals surface area contributed by atoms with Gasteiger partial charge in [0, 0.05) is 6.04 Å². The van der Waals surface area contributed by atoms with Gasteiger partial charge in [0.2, 0.25) is 10.0 Å². The summed E-state index contributed by atoms with van der Waals surface area (Å²) in [6.45, 7) is 6.73. The third kappa shape index (κ3) is 4.90. The Morgan fingerprint density at radius 1 is 1.18 bits per heavy atom. The van der Waals surface area contributed by atoms with Crippen LogP contribution >= 0.6 is 0 Å². The quantitative estimate of drug-likeness (QED) is 0.746. The number of rotatable bonds is 5. The Morgan fingerprint density at radius 3 is 2.46 bits per heavy atom. The smallest absolute Gasteiger partial charge is 0.275 e. The maximum absolute atomic E-state index is 13.1. The highest BCUT2D eigenvalue weighted by Crippen LogP contribution is 2.29. The predicted molar refractivity (Wildman–Crippen MR) is 105 cm³/mol. The van der Waals surface area contributed by atoms with E-state index in [1.165, 1.54) is 22.9 Å². The molecule has 1 saturated carbocycles. The van der Waals surface area contributed by atoms with Crippen LogP contribution in [0.25, 0.3) is 0 Å². The molecule has 8 heteroatoms. The first-order valence-electron chi connectivity index (χ1n) is 10.2. The molecule has 156 valence electrons. The van der Waals surface area contributed by atoms with Crippen LogP contribution in [-0.2, 0) is 14.8 Å². The lowest BCUT2D eigenvalue weighted by molar-refractivity contribution is -0.895. The number of carbonyl (C=O) groups is 1. The van der Waals surface area contributed by atoms with Crippen molar-refractivity contribution in [1.82, 2.24) is 9.62 Å². The van der Waals surface area contributed by atoms with E-state index in [4.69, 9.17) is 0 Å². The van der Waals surface area contributed by atoms with Gasteiger partial charge in [-0.1, -0.05) is 26.7 Å². The molecular formula is C20H31FN3O3S+. The number of benzene rings is 1. The third-order valence-electron chi connectivity index (χ3n) is 6.34. The summed E-state index contributed by atoms with van der Waals surface area (Å²) in [6, 6.07) is 5.15. The highest BCUT2D eigenvalue weighted by atomic mass is 32.2. The second-order valence-corrected chi connectivity index (χ2v) is 10.2. The van der Waals surface area contributed by atoms with E-state index < -0.39 is 15.8 Å². The van der Waals surface area contributed by atoms with E-state index in [2.05, 4.69) is 19.2 Å². The van der Waals surface area contributed by atoms with Crippen LogP contribution in [0.15, 0.2) is 29.2 Å². The molecule has 28 heavy (non-hydrogen) atoms. The van der Waals surface area contributed by atoms with Crippen molar-refractivity contribution in [2.24, 2.45) is 11.8 Å². The Balaban J connectivity index is 1.50. The molecule has 1 aliphatic carbocycles. The van der Waals surface area contributed by atoms with Gasteiger partial charge < -0.3 is 10.2 Å². The number of piperazine rings is 1. The zero-order valence-electron chi connectivity index (χ0n) is 16.7. The van der Waals surface area contributed by atoms with Crippen molar-refractivity contribution in [1.29, 1.82) is 0 Å². The summed E-state index contributed by atoms with van der Waals surface area (Å²) in [7, 11) is -3.61. The number of carbonyl (C=O) groups excluding carboxylic acids is 1. The fourth-order valence-electron chi connectivity index (χ4n) is 4.25. The molecule has 3 atom stereocenters. The van der Waals surface area contributed by atoms with Gasteiger partial charge in [0.25, 0.3) is 5.91 Å². The monoisotopic (exact) mass is 412 g/mol. The molecule has 2 N–H and O–H groups in total. The number of nitrogens with one attached hydrogen (secondary N) is 2. The normalized spacial score (nSPS) is 27.5. The first-order valence-corrected chi connectivity index (χ1v) is 11.6. The summed E-state index contributed by atoms with van der Waals surface area (Å²) in [5, 5.41) is 3.19. The maximum atomic E-state index is 13.1. The molecule has 0 radical (unpaired) electrons. The molecule has 0 aromatic heterocycles. The Hall–Kier alpha value is -1.51. The minimum atomic E-state index is -3.61. The molecule has 1 amide bonds. The van der Waals surface area contributed by atoms with E-state index in [1.807, 2.05) is 0 Å². The molecule has 1 aliphatic heterocycles. The van der Waals surface area contributed by atoms with E-state index in [-0.39, 0.29) is 16.8 Å².